The van der Waals surface area contributed by atoms with Crippen LogP contribution in [0.3, 0.4) is 0 Å². The van der Waals surface area contributed by atoms with Gasteiger partial charge >= 0.3 is 0 Å². The molecule has 170 valence electrons. The van der Waals surface area contributed by atoms with Crippen LogP contribution < -0.4 is 15.6 Å². The zero-order chi connectivity index (χ0) is 23.7. The Kier molecular flexibility index (Phi) is 6.04. The van der Waals surface area contributed by atoms with Gasteiger partial charge in [0.15, 0.2) is 17.5 Å². The quantitative estimate of drug-likeness (QED) is 0.176. The Morgan fingerprint density at radius 2 is 2.03 bits per heavy atom. The van der Waals surface area contributed by atoms with E-state index < -0.39 is 0 Å². The maximum atomic E-state index is 13.2. The van der Waals surface area contributed by atoms with Crippen LogP contribution in [0.5, 0.6) is 5.75 Å². The predicted molar refractivity (Wildman–Crippen MR) is 135 cm³/mol. The lowest BCUT2D eigenvalue weighted by Crippen LogP contribution is -2.25. The molecule has 4 aromatic rings. The number of thioether (sulfide) groups is 1. The zero-order valence-electron chi connectivity index (χ0n) is 17.9. The smallest absolute Gasteiger partial charge is 0.272 e. The van der Waals surface area contributed by atoms with Gasteiger partial charge in [-0.2, -0.15) is 0 Å². The van der Waals surface area contributed by atoms with Crippen molar-refractivity contribution in [3.05, 3.63) is 83.2 Å². The Hall–Kier alpha value is -3.69. The molecule has 3 heterocycles. The summed E-state index contributed by atoms with van der Waals surface area (Å²) >= 11 is 2.61. The molecule has 1 aliphatic rings. The number of allylic oxidation sites excluding steroid dienone is 1. The highest BCUT2D eigenvalue weighted by Crippen LogP contribution is 2.32. The number of ketones is 1. The fourth-order valence-corrected chi connectivity index (χ4v) is 5.56. The highest BCUT2D eigenvalue weighted by molar-refractivity contribution is 7.99. The van der Waals surface area contributed by atoms with E-state index in [4.69, 9.17) is 9.72 Å². The van der Waals surface area contributed by atoms with Crippen molar-refractivity contribution >= 4 is 50.7 Å². The lowest BCUT2D eigenvalue weighted by Gasteiger charge is -2.18. The normalized spacial score (nSPS) is 12.6. The molecule has 0 aliphatic carbocycles. The summed E-state index contributed by atoms with van der Waals surface area (Å²) in [5.74, 6) is 0.200. The van der Waals surface area contributed by atoms with Crippen molar-refractivity contribution in [2.24, 2.45) is 0 Å². The van der Waals surface area contributed by atoms with Gasteiger partial charge in [-0.3, -0.25) is 19.0 Å². The summed E-state index contributed by atoms with van der Waals surface area (Å²) in [6.07, 6.45) is 1.64. The van der Waals surface area contributed by atoms with Gasteiger partial charge in [0.25, 0.3) is 11.5 Å². The number of amides is 1. The van der Waals surface area contributed by atoms with E-state index >= 15 is 0 Å². The number of aromatic nitrogens is 2. The molecule has 0 unspecified atom stereocenters. The maximum absolute atomic E-state index is 13.2. The lowest BCUT2D eigenvalue weighted by atomic mass is 10.1. The summed E-state index contributed by atoms with van der Waals surface area (Å²) in [6.45, 7) is 4.00. The van der Waals surface area contributed by atoms with Gasteiger partial charge in [-0.05, 0) is 29.8 Å². The number of benzene rings is 2. The third kappa shape index (κ3) is 4.27. The SMILES string of the molecule is C=CCn1c(SCC(=O)c2ccc3c(c2)NC(=O)CO3)nc2cc(-c3ccccc3)sc2c1=O. The maximum Gasteiger partial charge on any atom is 0.272 e. The van der Waals surface area contributed by atoms with Crippen LogP contribution in [0, 0.1) is 0 Å². The lowest BCUT2D eigenvalue weighted by molar-refractivity contribution is -0.118. The van der Waals surface area contributed by atoms with E-state index in [0.717, 1.165) is 10.4 Å². The number of fused-ring (bicyclic) bond motifs is 2. The molecule has 9 heteroatoms. The minimum atomic E-state index is -0.261. The van der Waals surface area contributed by atoms with E-state index in [1.165, 1.54) is 23.1 Å². The number of carbonyl (C=O) groups is 2. The van der Waals surface area contributed by atoms with Crippen LogP contribution in [0.15, 0.2) is 77.2 Å². The van der Waals surface area contributed by atoms with Gasteiger partial charge in [-0.15, -0.1) is 17.9 Å². The summed E-state index contributed by atoms with van der Waals surface area (Å²) in [5, 5.41) is 3.16. The average molecular weight is 490 g/mol. The van der Waals surface area contributed by atoms with Crippen LogP contribution in [0.4, 0.5) is 5.69 Å². The third-order valence-electron chi connectivity index (χ3n) is 5.24. The second-order valence-electron chi connectivity index (χ2n) is 7.55. The Balaban J connectivity index is 1.43. The van der Waals surface area contributed by atoms with E-state index in [9.17, 15) is 14.4 Å². The van der Waals surface area contributed by atoms with Gasteiger partial charge in [0, 0.05) is 17.0 Å². The van der Waals surface area contributed by atoms with Gasteiger partial charge < -0.3 is 10.1 Å². The fourth-order valence-electron chi connectivity index (χ4n) is 3.61. The molecular weight excluding hydrogens is 470 g/mol. The van der Waals surface area contributed by atoms with Crippen LogP contribution in [-0.4, -0.2) is 33.6 Å². The molecule has 0 bridgehead atoms. The molecule has 2 aromatic carbocycles. The summed E-state index contributed by atoms with van der Waals surface area (Å²) in [6, 6.07) is 16.7. The summed E-state index contributed by atoms with van der Waals surface area (Å²) < 4.78 is 7.46. The molecular formula is C25H19N3O4S2. The van der Waals surface area contributed by atoms with Crippen molar-refractivity contribution in [1.82, 2.24) is 9.55 Å². The summed E-state index contributed by atoms with van der Waals surface area (Å²) in [4.78, 5) is 43.3. The van der Waals surface area contributed by atoms with Crippen LogP contribution in [0.25, 0.3) is 20.7 Å². The van der Waals surface area contributed by atoms with E-state index in [-0.39, 0.29) is 29.6 Å². The first kappa shape index (κ1) is 22.1. The van der Waals surface area contributed by atoms with Gasteiger partial charge in [0.2, 0.25) is 0 Å². The van der Waals surface area contributed by atoms with Crippen molar-refractivity contribution in [2.75, 3.05) is 17.7 Å². The zero-order valence-corrected chi connectivity index (χ0v) is 19.6. The van der Waals surface area contributed by atoms with Gasteiger partial charge in [0.05, 0.1) is 17.0 Å². The molecule has 0 spiro atoms. The number of thiophene rings is 1. The molecule has 0 atom stereocenters. The number of rotatable bonds is 7. The van der Waals surface area contributed by atoms with Crippen molar-refractivity contribution in [1.29, 1.82) is 0 Å². The molecule has 1 N–H and O–H groups in total. The number of Topliss-reactive ketones (excluding diaryl/α,β-unsaturated/α-hetero) is 1. The summed E-state index contributed by atoms with van der Waals surface area (Å²) in [5.41, 5.74) is 2.39. The Morgan fingerprint density at radius 1 is 1.21 bits per heavy atom. The molecule has 0 radical (unpaired) electrons. The Labute approximate surface area is 203 Å². The molecule has 7 nitrogen and oxygen atoms in total. The Bertz CT molecular complexity index is 1490. The highest BCUT2D eigenvalue weighted by atomic mass is 32.2. The second-order valence-corrected chi connectivity index (χ2v) is 9.54. The number of nitrogens with one attached hydrogen (secondary N) is 1. The first-order valence-corrected chi connectivity index (χ1v) is 12.3. The molecule has 0 fully saturated rings. The fraction of sp³-hybridized carbons (Fsp3) is 0.120. The van der Waals surface area contributed by atoms with E-state index in [2.05, 4.69) is 11.9 Å². The van der Waals surface area contributed by atoms with Crippen molar-refractivity contribution < 1.29 is 14.3 Å². The van der Waals surface area contributed by atoms with Crippen molar-refractivity contribution in [2.45, 2.75) is 11.7 Å². The second kappa shape index (κ2) is 9.28. The number of ether oxygens (including phenoxy) is 1. The molecule has 1 aliphatic heterocycles. The van der Waals surface area contributed by atoms with E-state index in [1.54, 1.807) is 28.8 Å². The molecule has 1 amide bonds. The predicted octanol–water partition coefficient (Wildman–Crippen LogP) is 4.62. The minimum Gasteiger partial charge on any atom is -0.482 e. The Morgan fingerprint density at radius 3 is 2.82 bits per heavy atom. The molecule has 5 rings (SSSR count). The van der Waals surface area contributed by atoms with Gasteiger partial charge in [-0.25, -0.2) is 4.98 Å². The highest BCUT2D eigenvalue weighted by Gasteiger charge is 2.19. The van der Waals surface area contributed by atoms with Crippen LogP contribution in [-0.2, 0) is 11.3 Å². The monoisotopic (exact) mass is 489 g/mol. The number of hydrogen-bond donors (Lipinski definition) is 1. The largest absolute Gasteiger partial charge is 0.482 e. The van der Waals surface area contributed by atoms with E-state index in [1.807, 2.05) is 36.4 Å². The third-order valence-corrected chi connectivity index (χ3v) is 7.37. The standard InChI is InChI=1S/C25H19N3O4S2/c1-2-10-28-24(31)23-18(12-21(34-23)15-6-4-3-5-7-15)27-25(28)33-14-19(29)16-8-9-20-17(11-16)26-22(30)13-32-20/h2-9,11-12H,1,10,13-14H2,(H,26,30). The summed E-state index contributed by atoms with van der Waals surface area (Å²) in [7, 11) is 0. The first-order chi connectivity index (χ1) is 16.5. The van der Waals surface area contributed by atoms with Crippen LogP contribution >= 0.6 is 23.1 Å². The first-order valence-electron chi connectivity index (χ1n) is 10.5. The average Bonchev–Trinajstić information content (AvgIpc) is 3.29. The van der Waals surface area contributed by atoms with Gasteiger partial charge in [-0.1, -0.05) is 48.2 Å². The molecule has 0 saturated carbocycles. The number of nitrogens with zero attached hydrogens (tertiary/aromatic N) is 2. The minimum absolute atomic E-state index is 0.0420. The number of anilines is 1. The molecule has 2 aromatic heterocycles. The number of carbonyl (C=O) groups excluding carboxylic acids is 2. The van der Waals surface area contributed by atoms with Crippen molar-refractivity contribution in [3.8, 4) is 16.2 Å². The number of hydrogen-bond acceptors (Lipinski definition) is 7. The van der Waals surface area contributed by atoms with E-state index in [0.29, 0.717) is 38.9 Å². The van der Waals surface area contributed by atoms with Crippen LogP contribution in [0.1, 0.15) is 10.4 Å². The molecule has 0 saturated heterocycles. The van der Waals surface area contributed by atoms with Crippen molar-refractivity contribution in [3.63, 3.8) is 0 Å². The van der Waals surface area contributed by atoms with Crippen LogP contribution in [0.2, 0.25) is 0 Å². The van der Waals surface area contributed by atoms with Gasteiger partial charge in [0.1, 0.15) is 10.4 Å². The molecule has 34 heavy (non-hydrogen) atoms. The topological polar surface area (TPSA) is 90.3 Å².